The van der Waals surface area contributed by atoms with Crippen molar-refractivity contribution in [3.8, 4) is 0 Å². The number of allylic oxidation sites excluding steroid dienone is 2. The third kappa shape index (κ3) is 0.930. The molecule has 0 bridgehead atoms. The van der Waals surface area contributed by atoms with Crippen LogP contribution in [-0.4, -0.2) is 34.5 Å². The number of nitrogens with zero attached hydrogens (tertiary/aromatic N) is 2. The van der Waals surface area contributed by atoms with E-state index in [2.05, 4.69) is 22.0 Å². The van der Waals surface area contributed by atoms with Crippen molar-refractivity contribution in [2.45, 2.75) is 12.1 Å². The minimum atomic E-state index is -0.439. The van der Waals surface area contributed by atoms with E-state index in [4.69, 9.17) is 0 Å². The molecule has 3 rings (SSSR count). The molecule has 0 spiro atoms. The predicted octanol–water partition coefficient (Wildman–Crippen LogP) is 0.700. The molecule has 1 aliphatic carbocycles. The Kier molecular flexibility index (Phi) is 1.61. The fraction of sp³-hybridized carbons (Fsp3) is 0.364. The summed E-state index contributed by atoms with van der Waals surface area (Å²) < 4.78 is 0. The van der Waals surface area contributed by atoms with Gasteiger partial charge in [0.15, 0.2) is 0 Å². The molecular weight excluding hydrogens is 176 g/mol. The van der Waals surface area contributed by atoms with Gasteiger partial charge in [0.2, 0.25) is 0 Å². The zero-order valence-electron chi connectivity index (χ0n) is 7.74. The molecule has 1 N–H and O–H groups in total. The zero-order valence-corrected chi connectivity index (χ0v) is 7.74. The van der Waals surface area contributed by atoms with Crippen molar-refractivity contribution in [1.29, 1.82) is 0 Å². The molecule has 1 fully saturated rings. The second-order valence-electron chi connectivity index (χ2n) is 3.77. The van der Waals surface area contributed by atoms with Gasteiger partial charge in [0.25, 0.3) is 0 Å². The molecule has 0 amide bonds. The first-order valence-electron chi connectivity index (χ1n) is 4.90. The molecule has 0 aromatic heterocycles. The number of hydrogen-bond acceptors (Lipinski definition) is 3. The summed E-state index contributed by atoms with van der Waals surface area (Å²) in [7, 11) is 0. The Labute approximate surface area is 82.8 Å². The van der Waals surface area contributed by atoms with E-state index in [0.29, 0.717) is 6.54 Å². The number of fused-ring (bicyclic) bond motifs is 3. The van der Waals surface area contributed by atoms with E-state index in [1.807, 2.05) is 24.4 Å². The van der Waals surface area contributed by atoms with Crippen LogP contribution in [0.3, 0.4) is 0 Å². The SMILES string of the molecule is OC1C2=NCC=CN2C2C=CC=CC12. The number of aliphatic hydroxyl groups is 1. The van der Waals surface area contributed by atoms with Crippen LogP contribution in [-0.2, 0) is 0 Å². The predicted molar refractivity (Wildman–Crippen MR) is 54.8 cm³/mol. The van der Waals surface area contributed by atoms with Gasteiger partial charge in [0, 0.05) is 12.1 Å². The minimum absolute atomic E-state index is 0.168. The Hall–Kier alpha value is -1.35. The highest BCUT2D eigenvalue weighted by Crippen LogP contribution is 2.32. The summed E-state index contributed by atoms with van der Waals surface area (Å²) in [6, 6.07) is 0.255. The number of aliphatic hydroxyl groups excluding tert-OH is 1. The molecule has 2 heterocycles. The van der Waals surface area contributed by atoms with E-state index >= 15 is 0 Å². The molecule has 3 heteroatoms. The van der Waals surface area contributed by atoms with Crippen molar-refractivity contribution in [3.63, 3.8) is 0 Å². The second kappa shape index (κ2) is 2.82. The average molecular weight is 188 g/mol. The molecule has 0 aromatic carbocycles. The van der Waals surface area contributed by atoms with Crippen molar-refractivity contribution >= 4 is 5.84 Å². The van der Waals surface area contributed by atoms with Crippen molar-refractivity contribution in [3.05, 3.63) is 36.6 Å². The van der Waals surface area contributed by atoms with Crippen molar-refractivity contribution in [2.24, 2.45) is 10.9 Å². The normalized spacial score (nSPS) is 38.2. The Bertz CT molecular complexity index is 367. The van der Waals surface area contributed by atoms with Crippen LogP contribution in [0.4, 0.5) is 0 Å². The lowest BCUT2D eigenvalue weighted by Crippen LogP contribution is -2.31. The van der Waals surface area contributed by atoms with Crippen LogP contribution in [0, 0.1) is 5.92 Å². The van der Waals surface area contributed by atoms with Gasteiger partial charge < -0.3 is 10.0 Å². The fourth-order valence-corrected chi connectivity index (χ4v) is 2.32. The highest BCUT2D eigenvalue weighted by molar-refractivity contribution is 5.91. The molecule has 0 radical (unpaired) electrons. The summed E-state index contributed by atoms with van der Waals surface area (Å²) in [5.41, 5.74) is 0. The maximum absolute atomic E-state index is 10.0. The quantitative estimate of drug-likeness (QED) is 0.607. The van der Waals surface area contributed by atoms with Crippen LogP contribution in [0.15, 0.2) is 41.6 Å². The molecular formula is C11H12N2O. The van der Waals surface area contributed by atoms with E-state index in [0.717, 1.165) is 5.84 Å². The van der Waals surface area contributed by atoms with Crippen LogP contribution < -0.4 is 0 Å². The molecule has 3 unspecified atom stereocenters. The molecule has 1 saturated heterocycles. The van der Waals surface area contributed by atoms with E-state index in [-0.39, 0.29) is 12.0 Å². The largest absolute Gasteiger partial charge is 0.384 e. The summed E-state index contributed by atoms with van der Waals surface area (Å²) >= 11 is 0. The Morgan fingerprint density at radius 3 is 3.14 bits per heavy atom. The lowest BCUT2D eigenvalue weighted by molar-refractivity contribution is 0.202. The molecule has 14 heavy (non-hydrogen) atoms. The highest BCUT2D eigenvalue weighted by atomic mass is 16.3. The van der Waals surface area contributed by atoms with Gasteiger partial charge in [0.05, 0.1) is 12.6 Å². The average Bonchev–Trinajstić information content (AvgIpc) is 2.55. The Balaban J connectivity index is 2.04. The number of aliphatic imine (C=N–C) groups is 1. The molecule has 72 valence electrons. The van der Waals surface area contributed by atoms with Gasteiger partial charge in [-0.15, -0.1) is 0 Å². The van der Waals surface area contributed by atoms with Gasteiger partial charge >= 0.3 is 0 Å². The smallest absolute Gasteiger partial charge is 0.134 e. The maximum Gasteiger partial charge on any atom is 0.134 e. The third-order valence-corrected chi connectivity index (χ3v) is 2.99. The summed E-state index contributed by atoms with van der Waals surface area (Å²) in [5.74, 6) is 0.986. The summed E-state index contributed by atoms with van der Waals surface area (Å²) in [6.45, 7) is 0.690. The monoisotopic (exact) mass is 188 g/mol. The zero-order chi connectivity index (χ0) is 9.54. The van der Waals surface area contributed by atoms with Crippen LogP contribution in [0.25, 0.3) is 0 Å². The van der Waals surface area contributed by atoms with Crippen molar-refractivity contribution in [2.75, 3.05) is 6.54 Å². The third-order valence-electron chi connectivity index (χ3n) is 2.99. The Morgan fingerprint density at radius 2 is 2.21 bits per heavy atom. The van der Waals surface area contributed by atoms with Crippen molar-refractivity contribution in [1.82, 2.24) is 4.90 Å². The van der Waals surface area contributed by atoms with Crippen molar-refractivity contribution < 1.29 is 5.11 Å². The first-order chi connectivity index (χ1) is 6.88. The standard InChI is InChI=1S/C11H12N2O/c14-10-8-4-1-2-5-9(8)13-7-3-6-12-11(10)13/h1-5,7-10,14H,6H2. The van der Waals surface area contributed by atoms with Crippen LogP contribution in [0.5, 0.6) is 0 Å². The first kappa shape index (κ1) is 8.00. The maximum atomic E-state index is 10.0. The number of hydrogen-bond donors (Lipinski definition) is 1. The molecule has 0 aromatic rings. The number of amidine groups is 1. The van der Waals surface area contributed by atoms with Crippen LogP contribution in [0.2, 0.25) is 0 Å². The topological polar surface area (TPSA) is 35.8 Å². The summed E-state index contributed by atoms with van der Waals surface area (Å²) in [5, 5.41) is 10.0. The van der Waals surface area contributed by atoms with Gasteiger partial charge in [-0.2, -0.15) is 0 Å². The van der Waals surface area contributed by atoms with E-state index < -0.39 is 6.10 Å². The van der Waals surface area contributed by atoms with Gasteiger partial charge in [-0.3, -0.25) is 4.99 Å². The van der Waals surface area contributed by atoms with Crippen LogP contribution >= 0.6 is 0 Å². The van der Waals surface area contributed by atoms with E-state index in [9.17, 15) is 5.11 Å². The summed E-state index contributed by atoms with van der Waals surface area (Å²) in [4.78, 5) is 6.40. The molecule has 3 nitrogen and oxygen atoms in total. The van der Waals surface area contributed by atoms with E-state index in [1.54, 1.807) is 0 Å². The van der Waals surface area contributed by atoms with Gasteiger partial charge in [-0.1, -0.05) is 24.3 Å². The van der Waals surface area contributed by atoms with E-state index in [1.165, 1.54) is 0 Å². The molecule has 0 saturated carbocycles. The minimum Gasteiger partial charge on any atom is -0.384 e. The summed E-state index contributed by atoms with van der Waals surface area (Å²) in [6.07, 6.45) is 11.8. The first-order valence-corrected chi connectivity index (χ1v) is 4.90. The highest BCUT2D eigenvalue weighted by Gasteiger charge is 2.43. The molecule has 2 aliphatic heterocycles. The van der Waals surface area contributed by atoms with Gasteiger partial charge in [0.1, 0.15) is 11.9 Å². The second-order valence-corrected chi connectivity index (χ2v) is 3.77. The van der Waals surface area contributed by atoms with Gasteiger partial charge in [-0.05, 0) is 6.08 Å². The van der Waals surface area contributed by atoms with Gasteiger partial charge in [-0.25, -0.2) is 0 Å². The Morgan fingerprint density at radius 1 is 1.36 bits per heavy atom. The lowest BCUT2D eigenvalue weighted by atomic mass is 9.94. The lowest BCUT2D eigenvalue weighted by Gasteiger charge is -2.24. The number of rotatable bonds is 0. The van der Waals surface area contributed by atoms with Crippen LogP contribution in [0.1, 0.15) is 0 Å². The molecule has 3 atom stereocenters. The molecule has 3 aliphatic rings. The fourth-order valence-electron chi connectivity index (χ4n) is 2.32.